The fraction of sp³-hybridized carbons (Fsp3) is 0.0952. The van der Waals surface area contributed by atoms with E-state index in [-0.39, 0.29) is 17.6 Å². The monoisotopic (exact) mass is 403 g/mol. The number of thioether (sulfide) groups is 1. The van der Waals surface area contributed by atoms with Crippen LogP contribution in [0.4, 0.5) is 5.82 Å². The molecular formula is C21H17N5O2S. The molecule has 2 aromatic heterocycles. The molecule has 0 aliphatic heterocycles. The van der Waals surface area contributed by atoms with Gasteiger partial charge in [-0.25, -0.2) is 4.98 Å². The lowest BCUT2D eigenvalue weighted by Gasteiger charge is -2.13. The molecule has 29 heavy (non-hydrogen) atoms. The third kappa shape index (κ3) is 4.85. The zero-order valence-electron chi connectivity index (χ0n) is 15.3. The SMILES string of the molecule is O=C(CSc1nnc(C(c2ccccc2)c2ccccc2)o1)Nc1cnccn1. The van der Waals surface area contributed by atoms with Gasteiger partial charge >= 0.3 is 0 Å². The van der Waals surface area contributed by atoms with E-state index in [1.165, 1.54) is 24.2 Å². The highest BCUT2D eigenvalue weighted by molar-refractivity contribution is 7.99. The van der Waals surface area contributed by atoms with E-state index in [1.54, 1.807) is 6.20 Å². The quantitative estimate of drug-likeness (QED) is 0.469. The molecule has 0 atom stereocenters. The summed E-state index contributed by atoms with van der Waals surface area (Å²) in [4.78, 5) is 20.0. The number of benzene rings is 2. The van der Waals surface area contributed by atoms with Crippen molar-refractivity contribution in [2.24, 2.45) is 0 Å². The molecule has 4 aromatic rings. The second-order valence-electron chi connectivity index (χ2n) is 6.09. The van der Waals surface area contributed by atoms with Crippen molar-refractivity contribution in [1.29, 1.82) is 0 Å². The van der Waals surface area contributed by atoms with Gasteiger partial charge in [-0.1, -0.05) is 72.4 Å². The minimum absolute atomic E-state index is 0.125. The van der Waals surface area contributed by atoms with Gasteiger partial charge in [0, 0.05) is 12.4 Å². The van der Waals surface area contributed by atoms with Crippen molar-refractivity contribution >= 4 is 23.5 Å². The Kier molecular flexibility index (Phi) is 5.92. The first-order valence-electron chi connectivity index (χ1n) is 8.91. The van der Waals surface area contributed by atoms with Crippen LogP contribution in [0.5, 0.6) is 0 Å². The van der Waals surface area contributed by atoms with Gasteiger partial charge in [-0.15, -0.1) is 10.2 Å². The Balaban J connectivity index is 1.48. The molecule has 0 radical (unpaired) electrons. The van der Waals surface area contributed by atoms with E-state index in [0.717, 1.165) is 11.1 Å². The number of carbonyl (C=O) groups excluding carboxylic acids is 1. The van der Waals surface area contributed by atoms with Crippen LogP contribution in [0.15, 0.2) is 88.9 Å². The van der Waals surface area contributed by atoms with Crippen LogP contribution in [-0.4, -0.2) is 31.8 Å². The van der Waals surface area contributed by atoms with E-state index in [4.69, 9.17) is 4.42 Å². The zero-order valence-corrected chi connectivity index (χ0v) is 16.1. The molecule has 0 bridgehead atoms. The van der Waals surface area contributed by atoms with Gasteiger partial charge in [0.15, 0.2) is 5.82 Å². The van der Waals surface area contributed by atoms with E-state index in [2.05, 4.69) is 25.5 Å². The van der Waals surface area contributed by atoms with Gasteiger partial charge in [-0.3, -0.25) is 9.78 Å². The van der Waals surface area contributed by atoms with Crippen LogP contribution >= 0.6 is 11.8 Å². The van der Waals surface area contributed by atoms with Gasteiger partial charge in [0.25, 0.3) is 5.22 Å². The highest BCUT2D eigenvalue weighted by atomic mass is 32.2. The summed E-state index contributed by atoms with van der Waals surface area (Å²) in [5, 5.41) is 11.4. The number of amides is 1. The number of nitrogens with zero attached hydrogens (tertiary/aromatic N) is 4. The Morgan fingerprint density at radius 1 is 0.966 bits per heavy atom. The molecule has 7 nitrogen and oxygen atoms in total. The predicted molar refractivity (Wildman–Crippen MR) is 110 cm³/mol. The van der Waals surface area contributed by atoms with Crippen LogP contribution in [0.3, 0.4) is 0 Å². The summed E-state index contributed by atoms with van der Waals surface area (Å²) >= 11 is 1.18. The van der Waals surface area contributed by atoms with Crippen LogP contribution in [0.2, 0.25) is 0 Å². The van der Waals surface area contributed by atoms with Crippen molar-refractivity contribution in [2.45, 2.75) is 11.1 Å². The Labute approximate surface area is 171 Å². The summed E-state index contributed by atoms with van der Waals surface area (Å²) in [5.74, 6) is 0.613. The molecule has 8 heteroatoms. The zero-order chi connectivity index (χ0) is 19.9. The van der Waals surface area contributed by atoms with Gasteiger partial charge in [-0.2, -0.15) is 0 Å². The maximum atomic E-state index is 12.1. The third-order valence-corrected chi connectivity index (χ3v) is 4.91. The van der Waals surface area contributed by atoms with Gasteiger partial charge in [0.2, 0.25) is 11.8 Å². The van der Waals surface area contributed by atoms with E-state index in [9.17, 15) is 4.79 Å². The first-order valence-corrected chi connectivity index (χ1v) is 9.90. The summed E-state index contributed by atoms with van der Waals surface area (Å²) in [7, 11) is 0. The van der Waals surface area contributed by atoms with Crippen LogP contribution in [-0.2, 0) is 4.79 Å². The first kappa shape index (κ1) is 18.8. The van der Waals surface area contributed by atoms with Crippen LogP contribution < -0.4 is 5.32 Å². The summed E-state index contributed by atoms with van der Waals surface area (Å²) in [5.41, 5.74) is 2.11. The molecule has 1 amide bonds. The number of anilines is 1. The fourth-order valence-electron chi connectivity index (χ4n) is 2.83. The normalized spacial score (nSPS) is 10.8. The second kappa shape index (κ2) is 9.11. The molecule has 0 unspecified atom stereocenters. The number of carbonyl (C=O) groups is 1. The number of rotatable bonds is 7. The summed E-state index contributed by atoms with van der Waals surface area (Å²) in [6, 6.07) is 20.0. The highest BCUT2D eigenvalue weighted by Crippen LogP contribution is 2.32. The van der Waals surface area contributed by atoms with E-state index < -0.39 is 0 Å². The number of hydrogen-bond donors (Lipinski definition) is 1. The third-order valence-electron chi connectivity index (χ3n) is 4.09. The summed E-state index contributed by atoms with van der Waals surface area (Å²) < 4.78 is 5.89. The lowest BCUT2D eigenvalue weighted by atomic mass is 9.91. The van der Waals surface area contributed by atoms with Crippen LogP contribution in [0.25, 0.3) is 0 Å². The number of hydrogen-bond acceptors (Lipinski definition) is 7. The molecule has 2 heterocycles. The maximum Gasteiger partial charge on any atom is 0.277 e. The van der Waals surface area contributed by atoms with Crippen molar-refractivity contribution in [3.63, 3.8) is 0 Å². The molecule has 0 spiro atoms. The average Bonchev–Trinajstić information content (AvgIpc) is 3.23. The fourth-order valence-corrected chi connectivity index (χ4v) is 3.40. The van der Waals surface area contributed by atoms with Crippen LogP contribution in [0.1, 0.15) is 22.9 Å². The lowest BCUT2D eigenvalue weighted by Crippen LogP contribution is -2.15. The van der Waals surface area contributed by atoms with Crippen molar-refractivity contribution in [3.05, 3.63) is 96.3 Å². The molecule has 144 valence electrons. The van der Waals surface area contributed by atoms with E-state index in [1.807, 2.05) is 60.7 Å². The largest absolute Gasteiger partial charge is 0.415 e. The standard InChI is InChI=1S/C21H17N5O2S/c27-18(24-17-13-22-11-12-23-17)14-29-21-26-25-20(28-21)19(15-7-3-1-4-8-15)16-9-5-2-6-10-16/h1-13,19H,14H2,(H,23,24,27). The Morgan fingerprint density at radius 2 is 1.66 bits per heavy atom. The molecule has 0 fully saturated rings. The van der Waals surface area contributed by atoms with Gasteiger partial charge < -0.3 is 9.73 Å². The van der Waals surface area contributed by atoms with Gasteiger partial charge in [0.1, 0.15) is 0 Å². The van der Waals surface area contributed by atoms with Gasteiger partial charge in [-0.05, 0) is 11.1 Å². The molecule has 4 rings (SSSR count). The molecule has 0 aliphatic rings. The van der Waals surface area contributed by atoms with E-state index in [0.29, 0.717) is 16.9 Å². The molecule has 2 aromatic carbocycles. The topological polar surface area (TPSA) is 93.8 Å². The minimum Gasteiger partial charge on any atom is -0.415 e. The second-order valence-corrected chi connectivity index (χ2v) is 7.01. The van der Waals surface area contributed by atoms with E-state index >= 15 is 0 Å². The smallest absolute Gasteiger partial charge is 0.277 e. The molecule has 1 N–H and O–H groups in total. The molecular weight excluding hydrogens is 386 g/mol. The average molecular weight is 403 g/mol. The molecule has 0 aliphatic carbocycles. The Morgan fingerprint density at radius 3 is 2.28 bits per heavy atom. The highest BCUT2D eigenvalue weighted by Gasteiger charge is 2.23. The van der Waals surface area contributed by atoms with Crippen molar-refractivity contribution in [2.75, 3.05) is 11.1 Å². The number of aromatic nitrogens is 4. The van der Waals surface area contributed by atoms with Crippen molar-refractivity contribution in [3.8, 4) is 0 Å². The van der Waals surface area contributed by atoms with Crippen molar-refractivity contribution < 1.29 is 9.21 Å². The molecule has 0 saturated carbocycles. The Hall–Kier alpha value is -3.52. The first-order chi connectivity index (χ1) is 14.3. The van der Waals surface area contributed by atoms with Gasteiger partial charge in [0.05, 0.1) is 17.9 Å². The maximum absolute atomic E-state index is 12.1. The van der Waals surface area contributed by atoms with Crippen LogP contribution in [0, 0.1) is 0 Å². The minimum atomic E-state index is -0.224. The predicted octanol–water partition coefficient (Wildman–Crippen LogP) is 3.77. The number of nitrogens with one attached hydrogen (secondary N) is 1. The lowest BCUT2D eigenvalue weighted by molar-refractivity contribution is -0.113. The molecule has 0 saturated heterocycles. The summed E-state index contributed by atoms with van der Waals surface area (Å²) in [6.07, 6.45) is 4.54. The summed E-state index contributed by atoms with van der Waals surface area (Å²) in [6.45, 7) is 0. The Bertz CT molecular complexity index is 1020. The van der Waals surface area contributed by atoms with Crippen molar-refractivity contribution in [1.82, 2.24) is 20.2 Å².